The summed E-state index contributed by atoms with van der Waals surface area (Å²) in [5.41, 5.74) is 8.22. The van der Waals surface area contributed by atoms with Crippen LogP contribution in [0.1, 0.15) is 11.3 Å². The number of esters is 1. The Bertz CT molecular complexity index is 1220. The number of primary amides is 1. The highest BCUT2D eigenvalue weighted by atomic mass is 19.1. The minimum atomic E-state index is -1.19. The maximum atomic E-state index is 14.8. The lowest BCUT2D eigenvalue weighted by Gasteiger charge is -2.31. The zero-order valence-electron chi connectivity index (χ0n) is 17.4. The van der Waals surface area contributed by atoms with Crippen molar-refractivity contribution in [1.29, 1.82) is 0 Å². The zero-order chi connectivity index (χ0) is 22.4. The highest BCUT2D eigenvalue weighted by Gasteiger charge is 2.38. The fourth-order valence-corrected chi connectivity index (χ4v) is 4.34. The summed E-state index contributed by atoms with van der Waals surface area (Å²) in [4.78, 5) is 36.0. The van der Waals surface area contributed by atoms with Crippen LogP contribution in [0.5, 0.6) is 0 Å². The predicted octanol–water partition coefficient (Wildman–Crippen LogP) is 0.635. The smallest absolute Gasteiger partial charge is 0.398 e. The predicted molar refractivity (Wildman–Crippen MR) is 114 cm³/mol. The second-order valence-corrected chi connectivity index (χ2v) is 7.83. The molecule has 0 radical (unpaired) electrons. The highest BCUT2D eigenvalue weighted by molar-refractivity contribution is 6.31. The van der Waals surface area contributed by atoms with Crippen LogP contribution >= 0.6 is 0 Å². The van der Waals surface area contributed by atoms with Gasteiger partial charge < -0.3 is 25.1 Å². The van der Waals surface area contributed by atoms with Gasteiger partial charge in [-0.25, -0.2) is 19.2 Å². The van der Waals surface area contributed by atoms with E-state index in [1.165, 1.54) is 6.07 Å². The average Bonchev–Trinajstić information content (AvgIpc) is 3.33. The molecule has 1 atom stereocenters. The van der Waals surface area contributed by atoms with E-state index in [9.17, 15) is 14.0 Å². The number of fused-ring (bicyclic) bond motifs is 2. The third-order valence-corrected chi connectivity index (χ3v) is 5.70. The third-order valence-electron chi connectivity index (χ3n) is 5.70. The number of anilines is 3. The molecule has 2 aliphatic heterocycles. The number of nitrogens with zero attached hydrogens (tertiary/aromatic N) is 5. The number of halogens is 1. The Morgan fingerprint density at radius 2 is 2.06 bits per heavy atom. The number of aromatic nitrogens is 3. The summed E-state index contributed by atoms with van der Waals surface area (Å²) in [5.74, 6) is -2.33. The Morgan fingerprint density at radius 1 is 1.28 bits per heavy atom. The zero-order valence-corrected chi connectivity index (χ0v) is 17.4. The molecule has 0 bridgehead atoms. The maximum Gasteiger partial charge on any atom is 0.398 e. The van der Waals surface area contributed by atoms with Gasteiger partial charge in [-0.2, -0.15) is 0 Å². The summed E-state index contributed by atoms with van der Waals surface area (Å²) in [5, 5.41) is 3.32. The molecule has 1 fully saturated rings. The Kier molecular flexibility index (Phi) is 4.89. The Balaban J connectivity index is 1.62. The molecular weight excluding hydrogens is 417 g/mol. The van der Waals surface area contributed by atoms with E-state index in [4.69, 9.17) is 10.5 Å². The van der Waals surface area contributed by atoms with Crippen LogP contribution in [-0.2, 0) is 20.7 Å². The van der Waals surface area contributed by atoms with Crippen molar-refractivity contribution < 1.29 is 18.7 Å². The number of carbonyl (C=O) groups is 2. The molecular formula is C21H22FN7O3. The van der Waals surface area contributed by atoms with E-state index in [1.54, 1.807) is 34.8 Å². The quantitative estimate of drug-likeness (QED) is 0.451. The number of piperazine rings is 1. The van der Waals surface area contributed by atoms with Crippen molar-refractivity contribution in [2.24, 2.45) is 5.73 Å². The number of pyridine rings is 2. The molecule has 3 N–H and O–H groups in total. The number of nitrogens with one attached hydrogen (secondary N) is 1. The lowest BCUT2D eigenvalue weighted by atomic mass is 10.1. The highest BCUT2D eigenvalue weighted by Crippen LogP contribution is 2.42. The summed E-state index contributed by atoms with van der Waals surface area (Å²) in [7, 11) is 0. The van der Waals surface area contributed by atoms with Crippen molar-refractivity contribution in [2.75, 3.05) is 36.0 Å². The lowest BCUT2D eigenvalue weighted by molar-refractivity contribution is -0.157. The van der Waals surface area contributed by atoms with Gasteiger partial charge in [0.2, 0.25) is 0 Å². The molecule has 0 saturated carbocycles. The SMILES string of the molecule is Cc1cn2cc(N3c4nccc(N5CCNCC5)c4CC3OC(=O)C(N)=O)cc(F)c2n1. The normalized spacial score (nSPS) is 18.1. The molecule has 32 heavy (non-hydrogen) atoms. The van der Waals surface area contributed by atoms with Crippen molar-refractivity contribution in [3.8, 4) is 0 Å². The van der Waals surface area contributed by atoms with Crippen LogP contribution in [0.4, 0.5) is 21.6 Å². The Labute approximate surface area is 182 Å². The molecule has 5 rings (SSSR count). The molecule has 2 aliphatic rings. The van der Waals surface area contributed by atoms with Crippen molar-refractivity contribution in [3.05, 3.63) is 47.8 Å². The first-order valence-corrected chi connectivity index (χ1v) is 10.3. The average molecular weight is 439 g/mol. The topological polar surface area (TPSA) is 118 Å². The van der Waals surface area contributed by atoms with Crippen LogP contribution in [0.25, 0.3) is 5.65 Å². The molecule has 1 unspecified atom stereocenters. The first-order chi connectivity index (χ1) is 15.4. The summed E-state index contributed by atoms with van der Waals surface area (Å²) in [6.07, 6.45) is 4.45. The van der Waals surface area contributed by atoms with Crippen molar-refractivity contribution in [3.63, 3.8) is 0 Å². The van der Waals surface area contributed by atoms with E-state index < -0.39 is 23.9 Å². The van der Waals surface area contributed by atoms with E-state index >= 15 is 0 Å². The number of carbonyl (C=O) groups excluding carboxylic acids is 2. The fourth-order valence-electron chi connectivity index (χ4n) is 4.34. The van der Waals surface area contributed by atoms with Crippen LogP contribution in [0, 0.1) is 12.7 Å². The van der Waals surface area contributed by atoms with Gasteiger partial charge >= 0.3 is 11.9 Å². The summed E-state index contributed by atoms with van der Waals surface area (Å²) in [6.45, 7) is 5.11. The van der Waals surface area contributed by atoms with Crippen LogP contribution in [0.3, 0.4) is 0 Å². The van der Waals surface area contributed by atoms with Gasteiger partial charge in [0.15, 0.2) is 17.7 Å². The van der Waals surface area contributed by atoms with Crippen LogP contribution in [0.2, 0.25) is 0 Å². The van der Waals surface area contributed by atoms with Gasteiger partial charge in [-0.05, 0) is 13.0 Å². The van der Waals surface area contributed by atoms with Gasteiger partial charge in [-0.15, -0.1) is 0 Å². The number of aryl methyl sites for hydroxylation is 1. The van der Waals surface area contributed by atoms with Crippen LogP contribution in [-0.4, -0.2) is 58.7 Å². The molecule has 1 amide bonds. The van der Waals surface area contributed by atoms with Gasteiger partial charge in [0, 0.05) is 68.5 Å². The van der Waals surface area contributed by atoms with Crippen LogP contribution < -0.4 is 20.9 Å². The summed E-state index contributed by atoms with van der Waals surface area (Å²) in [6, 6.07) is 3.24. The first kappa shape index (κ1) is 20.2. The lowest BCUT2D eigenvalue weighted by Crippen LogP contribution is -2.43. The van der Waals surface area contributed by atoms with Crippen molar-refractivity contribution in [1.82, 2.24) is 19.7 Å². The standard InChI is InChI=1S/C21H22FN7O3/c1-12-10-28-11-13(8-15(22)20(28)26-12)29-17(32-21(31)18(23)30)9-14-16(2-3-25-19(14)29)27-6-4-24-5-7-27/h2-3,8,10-11,17,24H,4-7,9H2,1H3,(H2,23,30). The number of hydrogen-bond donors (Lipinski definition) is 2. The van der Waals surface area contributed by atoms with Gasteiger partial charge in [0.25, 0.3) is 0 Å². The molecule has 3 aromatic rings. The largest absolute Gasteiger partial charge is 0.434 e. The monoisotopic (exact) mass is 439 g/mol. The molecule has 11 heteroatoms. The van der Waals surface area contributed by atoms with E-state index in [0.29, 0.717) is 17.2 Å². The fraction of sp³-hybridized carbons (Fsp3) is 0.333. The molecule has 10 nitrogen and oxygen atoms in total. The number of imidazole rings is 1. The second-order valence-electron chi connectivity index (χ2n) is 7.83. The Morgan fingerprint density at radius 3 is 2.81 bits per heavy atom. The van der Waals surface area contributed by atoms with E-state index in [-0.39, 0.29) is 12.1 Å². The van der Waals surface area contributed by atoms with Crippen molar-refractivity contribution >= 4 is 34.7 Å². The number of hydrogen-bond acceptors (Lipinski definition) is 8. The minimum Gasteiger partial charge on any atom is -0.434 e. The number of amides is 1. The van der Waals surface area contributed by atoms with Crippen LogP contribution in [0.15, 0.2) is 30.7 Å². The number of rotatable bonds is 3. The molecule has 0 aromatic carbocycles. The molecule has 5 heterocycles. The van der Waals surface area contributed by atoms with Gasteiger partial charge in [-0.1, -0.05) is 0 Å². The van der Waals surface area contributed by atoms with E-state index in [1.807, 2.05) is 6.07 Å². The molecule has 3 aromatic heterocycles. The number of nitrogens with two attached hydrogens (primary N) is 1. The minimum absolute atomic E-state index is 0.193. The molecule has 0 aliphatic carbocycles. The molecule has 166 valence electrons. The first-order valence-electron chi connectivity index (χ1n) is 10.3. The molecule has 1 saturated heterocycles. The van der Waals surface area contributed by atoms with E-state index in [2.05, 4.69) is 20.2 Å². The summed E-state index contributed by atoms with van der Waals surface area (Å²) >= 11 is 0. The second kappa shape index (κ2) is 7.75. The van der Waals surface area contributed by atoms with E-state index in [0.717, 1.165) is 37.4 Å². The van der Waals surface area contributed by atoms with Gasteiger partial charge in [-0.3, -0.25) is 9.69 Å². The summed E-state index contributed by atoms with van der Waals surface area (Å²) < 4.78 is 21.8. The third kappa shape index (κ3) is 3.40. The van der Waals surface area contributed by atoms with Gasteiger partial charge in [0.1, 0.15) is 5.82 Å². The maximum absolute atomic E-state index is 14.8. The number of ether oxygens (including phenoxy) is 1. The van der Waals surface area contributed by atoms with Crippen molar-refractivity contribution in [2.45, 2.75) is 19.6 Å². The van der Waals surface area contributed by atoms with Gasteiger partial charge in [0.05, 0.1) is 11.4 Å². The Hall–Kier alpha value is -3.73. The molecule has 0 spiro atoms.